The molecule has 66 valence electrons. The molecule has 2 N–H and O–H groups in total. The molecule has 0 atom stereocenters. The number of carboxylic acids is 1. The summed E-state index contributed by atoms with van der Waals surface area (Å²) in [5.41, 5.74) is 0. The van der Waals surface area contributed by atoms with Gasteiger partial charge < -0.3 is 10.2 Å². The molecule has 0 aromatic heterocycles. The molecule has 0 radical (unpaired) electrons. The van der Waals surface area contributed by atoms with Gasteiger partial charge in [-0.05, 0) is 20.3 Å². The minimum absolute atomic E-state index is 0. The average Bonchev–Trinajstić information content (AvgIpc) is 1.62. The molecule has 0 saturated carbocycles. The van der Waals surface area contributed by atoms with Gasteiger partial charge in [-0.1, -0.05) is 6.92 Å². The number of hydrogen-bond acceptors (Lipinski definition) is 2. The molecular formula is C7H16O3Ti. The summed E-state index contributed by atoms with van der Waals surface area (Å²) in [5.74, 6) is -0.711. The van der Waals surface area contributed by atoms with Crippen molar-refractivity contribution in [1.29, 1.82) is 0 Å². The van der Waals surface area contributed by atoms with Crippen molar-refractivity contribution in [3.63, 3.8) is 0 Å². The molecule has 0 saturated heterocycles. The molecule has 0 aliphatic heterocycles. The fourth-order valence-electron chi connectivity index (χ4n) is 0.214. The van der Waals surface area contributed by atoms with Crippen LogP contribution in [0.5, 0.6) is 0 Å². The van der Waals surface area contributed by atoms with Gasteiger partial charge in [0.05, 0.1) is 0 Å². The average molecular weight is 196 g/mol. The largest absolute Gasteiger partial charge is 0.481 e. The van der Waals surface area contributed by atoms with E-state index in [4.69, 9.17) is 10.2 Å². The zero-order valence-electron chi connectivity index (χ0n) is 7.29. The van der Waals surface area contributed by atoms with E-state index < -0.39 is 5.97 Å². The summed E-state index contributed by atoms with van der Waals surface area (Å²) in [6.45, 7) is 5.29. The maximum absolute atomic E-state index is 9.60. The summed E-state index contributed by atoms with van der Waals surface area (Å²) in [5, 5.41) is 16.0. The second kappa shape index (κ2) is 12.8. The van der Waals surface area contributed by atoms with Crippen LogP contribution in [0.15, 0.2) is 0 Å². The van der Waals surface area contributed by atoms with E-state index in [9.17, 15) is 4.79 Å². The van der Waals surface area contributed by atoms with Gasteiger partial charge in [-0.2, -0.15) is 0 Å². The van der Waals surface area contributed by atoms with Gasteiger partial charge in [-0.15, -0.1) is 0 Å². The quantitative estimate of drug-likeness (QED) is 0.653. The van der Waals surface area contributed by atoms with Crippen molar-refractivity contribution in [3.8, 4) is 0 Å². The standard InChI is InChI=1S/C4H8O2.C3H8O.Ti/c1-2-3-4(5)6;1-3(2)4;/h2-3H2,1H3,(H,5,6);3-4H,1-2H3;. The fraction of sp³-hybridized carbons (Fsp3) is 0.857. The van der Waals surface area contributed by atoms with Gasteiger partial charge in [0.15, 0.2) is 0 Å². The van der Waals surface area contributed by atoms with Gasteiger partial charge in [0.25, 0.3) is 0 Å². The second-order valence-electron chi connectivity index (χ2n) is 2.24. The first kappa shape index (κ1) is 17.3. The number of rotatable bonds is 2. The smallest absolute Gasteiger partial charge is 0.303 e. The normalized spacial score (nSPS) is 7.73. The van der Waals surface area contributed by atoms with Crippen molar-refractivity contribution in [1.82, 2.24) is 0 Å². The van der Waals surface area contributed by atoms with Gasteiger partial charge in [-0.3, -0.25) is 4.79 Å². The van der Waals surface area contributed by atoms with Gasteiger partial charge in [0.1, 0.15) is 0 Å². The van der Waals surface area contributed by atoms with Gasteiger partial charge in [-0.25, -0.2) is 0 Å². The Morgan fingerprint density at radius 2 is 1.73 bits per heavy atom. The number of aliphatic hydroxyl groups is 1. The third-order valence-corrected chi connectivity index (χ3v) is 0.464. The third-order valence-electron chi connectivity index (χ3n) is 0.464. The topological polar surface area (TPSA) is 57.5 Å². The van der Waals surface area contributed by atoms with Gasteiger partial charge in [0.2, 0.25) is 0 Å². The van der Waals surface area contributed by atoms with Gasteiger partial charge >= 0.3 is 5.97 Å². The zero-order valence-corrected chi connectivity index (χ0v) is 8.86. The van der Waals surface area contributed by atoms with Crippen LogP contribution in [-0.4, -0.2) is 22.3 Å². The van der Waals surface area contributed by atoms with Crippen LogP contribution in [0, 0.1) is 0 Å². The van der Waals surface area contributed by atoms with Crippen molar-refractivity contribution in [2.24, 2.45) is 0 Å². The van der Waals surface area contributed by atoms with E-state index in [2.05, 4.69) is 0 Å². The summed E-state index contributed by atoms with van der Waals surface area (Å²) in [7, 11) is 0. The number of carbonyl (C=O) groups is 1. The first-order valence-corrected chi connectivity index (χ1v) is 3.40. The number of carboxylic acid groups (broad SMARTS) is 1. The van der Waals surface area contributed by atoms with E-state index >= 15 is 0 Å². The van der Waals surface area contributed by atoms with Crippen LogP contribution in [-0.2, 0) is 26.5 Å². The Bertz CT molecular complexity index is 81.0. The Kier molecular flexibility index (Phi) is 20.1. The monoisotopic (exact) mass is 196 g/mol. The Hall–Kier alpha value is 0.144. The first-order valence-electron chi connectivity index (χ1n) is 3.40. The molecule has 0 amide bonds. The predicted molar refractivity (Wildman–Crippen MR) is 39.9 cm³/mol. The van der Waals surface area contributed by atoms with Crippen molar-refractivity contribution >= 4 is 5.97 Å². The Labute approximate surface area is 82.7 Å². The van der Waals surface area contributed by atoms with Crippen LogP contribution in [0.4, 0.5) is 0 Å². The minimum Gasteiger partial charge on any atom is -0.481 e. The summed E-state index contributed by atoms with van der Waals surface area (Å²) in [4.78, 5) is 9.60. The molecule has 11 heavy (non-hydrogen) atoms. The van der Waals surface area contributed by atoms with Crippen molar-refractivity contribution in [2.75, 3.05) is 0 Å². The summed E-state index contributed by atoms with van der Waals surface area (Å²) in [6.07, 6.45) is 0.856. The summed E-state index contributed by atoms with van der Waals surface area (Å²) < 4.78 is 0. The van der Waals surface area contributed by atoms with Crippen molar-refractivity contribution < 1.29 is 36.7 Å². The van der Waals surface area contributed by atoms with E-state index in [1.807, 2.05) is 6.92 Å². The molecule has 0 heterocycles. The van der Waals surface area contributed by atoms with E-state index in [1.54, 1.807) is 13.8 Å². The Morgan fingerprint density at radius 3 is 1.73 bits per heavy atom. The maximum atomic E-state index is 9.60. The molecule has 3 nitrogen and oxygen atoms in total. The fourth-order valence-corrected chi connectivity index (χ4v) is 0.214. The van der Waals surface area contributed by atoms with Crippen LogP contribution in [0.25, 0.3) is 0 Å². The molecule has 0 aliphatic rings. The third kappa shape index (κ3) is 68.1. The van der Waals surface area contributed by atoms with Crippen molar-refractivity contribution in [3.05, 3.63) is 0 Å². The van der Waals surface area contributed by atoms with E-state index in [0.717, 1.165) is 6.42 Å². The molecule has 0 rings (SSSR count). The summed E-state index contributed by atoms with van der Waals surface area (Å²) >= 11 is 0. The van der Waals surface area contributed by atoms with E-state index in [-0.39, 0.29) is 27.8 Å². The zero-order chi connectivity index (χ0) is 8.57. The molecule has 0 fully saturated rings. The number of aliphatic carboxylic acids is 1. The molecule has 0 bridgehead atoms. The molecule has 0 aromatic rings. The van der Waals surface area contributed by atoms with Crippen LogP contribution in [0.1, 0.15) is 33.6 Å². The number of hydrogen-bond donors (Lipinski definition) is 2. The SMILES string of the molecule is CC(C)O.CCCC(=O)O.[Ti]. The molecule has 4 heteroatoms. The van der Waals surface area contributed by atoms with Crippen LogP contribution in [0.2, 0.25) is 0 Å². The molecule has 0 unspecified atom stereocenters. The van der Waals surface area contributed by atoms with E-state index in [0.29, 0.717) is 6.42 Å². The Balaban J connectivity index is -0.000000114. The Morgan fingerprint density at radius 1 is 1.45 bits per heavy atom. The van der Waals surface area contributed by atoms with Crippen LogP contribution < -0.4 is 0 Å². The first-order chi connectivity index (χ1) is 4.50. The maximum Gasteiger partial charge on any atom is 0.303 e. The number of aliphatic hydroxyl groups excluding tert-OH is 1. The summed E-state index contributed by atoms with van der Waals surface area (Å²) in [6, 6.07) is 0. The van der Waals surface area contributed by atoms with Crippen LogP contribution in [0.3, 0.4) is 0 Å². The van der Waals surface area contributed by atoms with E-state index in [1.165, 1.54) is 0 Å². The molecule has 0 aromatic carbocycles. The molecule has 0 aliphatic carbocycles. The minimum atomic E-state index is -0.711. The van der Waals surface area contributed by atoms with Crippen molar-refractivity contribution in [2.45, 2.75) is 39.7 Å². The second-order valence-corrected chi connectivity index (χ2v) is 2.24. The van der Waals surface area contributed by atoms with Crippen LogP contribution >= 0.6 is 0 Å². The molecule has 0 spiro atoms. The predicted octanol–water partition coefficient (Wildman–Crippen LogP) is 1.26. The molecular weight excluding hydrogens is 180 g/mol. The van der Waals surface area contributed by atoms with Gasteiger partial charge in [0, 0.05) is 34.2 Å².